The van der Waals surface area contributed by atoms with Crippen LogP contribution in [0.4, 0.5) is 26.3 Å². The predicted molar refractivity (Wildman–Crippen MR) is 92.6 cm³/mol. The van der Waals surface area contributed by atoms with Gasteiger partial charge in [-0.3, -0.25) is 4.98 Å². The van der Waals surface area contributed by atoms with E-state index in [2.05, 4.69) is 4.98 Å². The monoisotopic (exact) mass is 434 g/mol. The van der Waals surface area contributed by atoms with Gasteiger partial charge in [0.15, 0.2) is 0 Å². The molecule has 29 heavy (non-hydrogen) atoms. The maximum absolute atomic E-state index is 13.2. The first-order valence-corrected chi connectivity index (χ1v) is 9.49. The van der Waals surface area contributed by atoms with Crippen molar-refractivity contribution in [1.82, 2.24) is 4.98 Å². The Hall–Kier alpha value is -2.66. The molecule has 154 valence electrons. The van der Waals surface area contributed by atoms with Crippen LogP contribution in [0, 0.1) is 5.92 Å². The van der Waals surface area contributed by atoms with Gasteiger partial charge in [-0.05, 0) is 35.4 Å². The van der Waals surface area contributed by atoms with Gasteiger partial charge in [0.2, 0.25) is 10.0 Å². The first kappa shape index (κ1) is 21.1. The third kappa shape index (κ3) is 4.51. The van der Waals surface area contributed by atoms with E-state index >= 15 is 0 Å². The highest BCUT2D eigenvalue weighted by Crippen LogP contribution is 2.43. The average Bonchev–Trinajstić information content (AvgIpc) is 3.06. The van der Waals surface area contributed by atoms with Crippen molar-refractivity contribution in [3.63, 3.8) is 0 Å². The maximum atomic E-state index is 13.2. The fourth-order valence-electron chi connectivity index (χ4n) is 2.80. The van der Waals surface area contributed by atoms with Gasteiger partial charge in [-0.15, -0.1) is 0 Å². The second-order valence-corrected chi connectivity index (χ2v) is 7.79. The normalized spacial score (nSPS) is 17.8. The molecule has 1 atom stereocenters. The number of halogens is 6. The van der Waals surface area contributed by atoms with Crippen LogP contribution in [-0.2, 0) is 16.2 Å². The lowest BCUT2D eigenvalue weighted by Gasteiger charge is -2.11. The van der Waals surface area contributed by atoms with Crippen LogP contribution in [0.25, 0.3) is 11.1 Å². The van der Waals surface area contributed by atoms with E-state index in [-0.39, 0.29) is 27.3 Å². The summed E-state index contributed by atoms with van der Waals surface area (Å²) in [4.78, 5) is 3.43. The van der Waals surface area contributed by atoms with Crippen molar-refractivity contribution in [2.75, 3.05) is 0 Å². The first-order valence-electron chi connectivity index (χ1n) is 7.94. The fourth-order valence-corrected chi connectivity index (χ4v) is 3.31. The van der Waals surface area contributed by atoms with Gasteiger partial charge in [0.05, 0.1) is 22.1 Å². The van der Waals surface area contributed by atoms with Gasteiger partial charge in [-0.25, -0.2) is 13.6 Å². The molecule has 1 aliphatic carbocycles. The number of alkyl halides is 6. The molecule has 3 rings (SSSR count). The van der Waals surface area contributed by atoms with E-state index in [1.807, 2.05) is 0 Å². The minimum absolute atomic E-state index is 0.00981. The minimum Gasteiger partial charge on any atom is -0.256 e. The quantitative estimate of drug-likeness (QED) is 0.728. The van der Waals surface area contributed by atoms with Crippen LogP contribution < -0.4 is 5.14 Å². The number of sulfonamides is 1. The molecule has 0 saturated carbocycles. The number of hydrogen-bond acceptors (Lipinski definition) is 3. The van der Waals surface area contributed by atoms with E-state index in [0.29, 0.717) is 6.20 Å². The van der Waals surface area contributed by atoms with Gasteiger partial charge in [-0.2, -0.15) is 26.3 Å². The predicted octanol–water partition coefficient (Wildman–Crippen LogP) is 4.41. The average molecular weight is 434 g/mol. The Kier molecular flexibility index (Phi) is 5.08. The van der Waals surface area contributed by atoms with Crippen LogP contribution in [-0.4, -0.2) is 19.6 Å². The number of benzene rings is 1. The number of hydrogen-bond donors (Lipinski definition) is 1. The Morgan fingerprint density at radius 2 is 1.45 bits per heavy atom. The third-order valence-electron chi connectivity index (χ3n) is 4.22. The van der Waals surface area contributed by atoms with Crippen molar-refractivity contribution < 1.29 is 34.8 Å². The minimum atomic E-state index is -4.63. The van der Waals surface area contributed by atoms with Crippen molar-refractivity contribution in [2.24, 2.45) is 11.1 Å². The van der Waals surface area contributed by atoms with Crippen LogP contribution in [0.3, 0.4) is 0 Å². The molecule has 0 saturated heterocycles. The molecule has 0 spiro atoms. The molecule has 1 aromatic carbocycles. The highest BCUT2D eigenvalue weighted by molar-refractivity contribution is 7.89. The van der Waals surface area contributed by atoms with E-state index in [9.17, 15) is 34.8 Å². The molecule has 2 N–H and O–H groups in total. The molecule has 0 amide bonds. The summed E-state index contributed by atoms with van der Waals surface area (Å²) >= 11 is 0. The molecule has 1 heterocycles. The molecule has 1 aliphatic rings. The van der Waals surface area contributed by atoms with Crippen molar-refractivity contribution in [3.05, 3.63) is 71.6 Å². The van der Waals surface area contributed by atoms with E-state index in [4.69, 9.17) is 5.14 Å². The summed E-state index contributed by atoms with van der Waals surface area (Å²) in [5.74, 6) is -1.96. The number of nitrogens with two attached hydrogens (primary N) is 1. The number of primary sulfonamides is 1. The van der Waals surface area contributed by atoms with Gasteiger partial charge in [0.25, 0.3) is 0 Å². The molecule has 1 unspecified atom stereocenters. The van der Waals surface area contributed by atoms with Crippen molar-refractivity contribution in [3.8, 4) is 0 Å². The van der Waals surface area contributed by atoms with Crippen LogP contribution in [0.2, 0.25) is 0 Å². The van der Waals surface area contributed by atoms with E-state index < -0.39 is 33.9 Å². The standard InChI is InChI=1S/C18H12F6N2O2S/c19-17(20,21)11-3-6-16(26-9-11)15-8-12(18(22,23)24)7-14(15)10-1-4-13(5-2-10)29(25,27)28/h1-9,12H,(H2,25,27,28). The second-order valence-electron chi connectivity index (χ2n) is 6.23. The Labute approximate surface area is 161 Å². The molecular weight excluding hydrogens is 422 g/mol. The summed E-state index contributed by atoms with van der Waals surface area (Å²) in [5, 5.41) is 5.00. The van der Waals surface area contributed by atoms with Gasteiger partial charge in [0.1, 0.15) is 0 Å². The first-order chi connectivity index (χ1) is 13.3. The zero-order valence-corrected chi connectivity index (χ0v) is 15.1. The lowest BCUT2D eigenvalue weighted by molar-refractivity contribution is -0.148. The van der Waals surface area contributed by atoms with Crippen molar-refractivity contribution in [2.45, 2.75) is 17.2 Å². The highest BCUT2D eigenvalue weighted by Gasteiger charge is 2.40. The smallest absolute Gasteiger partial charge is 0.256 e. The van der Waals surface area contributed by atoms with E-state index in [0.717, 1.165) is 36.4 Å². The Morgan fingerprint density at radius 1 is 0.862 bits per heavy atom. The lowest BCUT2D eigenvalue weighted by atomic mass is 9.98. The number of allylic oxidation sites excluding steroid dienone is 4. The summed E-state index contributed by atoms with van der Waals surface area (Å²) in [5.41, 5.74) is -0.816. The Morgan fingerprint density at radius 3 is 1.90 bits per heavy atom. The van der Waals surface area contributed by atoms with Gasteiger partial charge in [0, 0.05) is 11.8 Å². The molecule has 0 bridgehead atoms. The number of nitrogens with zero attached hydrogens (tertiary/aromatic N) is 1. The molecule has 0 radical (unpaired) electrons. The van der Waals surface area contributed by atoms with Crippen molar-refractivity contribution in [1.29, 1.82) is 0 Å². The SMILES string of the molecule is NS(=O)(=O)c1ccc(C2=CC(C(F)(F)F)C=C2c2ccc(C(F)(F)F)cn2)cc1. The number of pyridine rings is 1. The van der Waals surface area contributed by atoms with Gasteiger partial charge >= 0.3 is 12.4 Å². The zero-order valence-electron chi connectivity index (χ0n) is 14.3. The summed E-state index contributed by atoms with van der Waals surface area (Å²) < 4.78 is 101. The van der Waals surface area contributed by atoms with Gasteiger partial charge in [-0.1, -0.05) is 24.3 Å². The largest absolute Gasteiger partial charge is 0.417 e. The van der Waals surface area contributed by atoms with Crippen LogP contribution in [0.5, 0.6) is 0 Å². The zero-order chi connectivity index (χ0) is 21.6. The van der Waals surface area contributed by atoms with Crippen molar-refractivity contribution >= 4 is 21.2 Å². The third-order valence-corrected chi connectivity index (χ3v) is 5.15. The van der Waals surface area contributed by atoms with Crippen LogP contribution in [0.1, 0.15) is 16.8 Å². The number of rotatable bonds is 3. The van der Waals surface area contributed by atoms with E-state index in [1.165, 1.54) is 12.1 Å². The second kappa shape index (κ2) is 6.99. The fraction of sp³-hybridized carbons (Fsp3) is 0.167. The highest BCUT2D eigenvalue weighted by atomic mass is 32.2. The molecule has 11 heteroatoms. The topological polar surface area (TPSA) is 73.1 Å². The van der Waals surface area contributed by atoms with Crippen LogP contribution >= 0.6 is 0 Å². The molecule has 4 nitrogen and oxygen atoms in total. The molecule has 2 aromatic rings. The Bertz CT molecular complexity index is 1080. The van der Waals surface area contributed by atoms with E-state index in [1.54, 1.807) is 0 Å². The summed E-state index contributed by atoms with van der Waals surface area (Å²) in [6, 6.07) is 6.50. The molecular formula is C18H12F6N2O2S. The van der Waals surface area contributed by atoms with Gasteiger partial charge < -0.3 is 0 Å². The summed E-state index contributed by atoms with van der Waals surface area (Å²) in [6.07, 6.45) is -6.94. The Balaban J connectivity index is 2.05. The number of aromatic nitrogens is 1. The lowest BCUT2D eigenvalue weighted by Crippen LogP contribution is -2.17. The summed E-state index contributed by atoms with van der Waals surface area (Å²) in [7, 11) is -3.99. The molecule has 0 fully saturated rings. The maximum Gasteiger partial charge on any atom is 0.417 e. The van der Waals surface area contributed by atoms with Crippen LogP contribution in [0.15, 0.2) is 59.6 Å². The molecule has 0 aliphatic heterocycles. The summed E-state index contributed by atoms with van der Waals surface area (Å²) in [6.45, 7) is 0. The molecule has 1 aromatic heterocycles.